The Morgan fingerprint density at radius 1 is 0.943 bits per heavy atom. The Balaban J connectivity index is 0.000000429. The second-order valence-electron chi connectivity index (χ2n) is 8.50. The SMILES string of the molecule is CC(=O)N1CCCc2cc(-c3cccc(NC(=O)c4ccccc4)c3)ccc21.CC(C)OC(N)=O. The molecular weight excluding hydrogens is 442 g/mol. The molecule has 0 saturated carbocycles. The predicted molar refractivity (Wildman–Crippen MR) is 138 cm³/mol. The molecule has 3 N–H and O–H groups in total. The molecule has 0 aliphatic carbocycles. The number of amides is 3. The highest BCUT2D eigenvalue weighted by molar-refractivity contribution is 6.04. The van der Waals surface area contributed by atoms with Crippen LogP contribution in [-0.2, 0) is 16.0 Å². The number of nitrogens with two attached hydrogens (primary N) is 1. The quantitative estimate of drug-likeness (QED) is 0.530. The molecule has 7 nitrogen and oxygen atoms in total. The van der Waals surface area contributed by atoms with Crippen LogP contribution in [-0.4, -0.2) is 30.6 Å². The molecule has 1 aliphatic heterocycles. The zero-order valence-electron chi connectivity index (χ0n) is 20.3. The Morgan fingerprint density at radius 2 is 1.66 bits per heavy atom. The van der Waals surface area contributed by atoms with Crippen LogP contribution < -0.4 is 16.0 Å². The molecule has 3 amide bonds. The molecule has 0 bridgehead atoms. The maximum Gasteiger partial charge on any atom is 0.404 e. The van der Waals surface area contributed by atoms with E-state index in [4.69, 9.17) is 0 Å². The van der Waals surface area contributed by atoms with Crippen molar-refractivity contribution in [2.75, 3.05) is 16.8 Å². The minimum atomic E-state index is -0.713. The van der Waals surface area contributed by atoms with E-state index in [-0.39, 0.29) is 17.9 Å². The number of primary amides is 1. The minimum absolute atomic E-state index is 0.0827. The molecule has 0 saturated heterocycles. The minimum Gasteiger partial charge on any atom is -0.447 e. The van der Waals surface area contributed by atoms with Gasteiger partial charge in [0, 0.05) is 30.4 Å². The van der Waals surface area contributed by atoms with E-state index in [1.165, 1.54) is 5.56 Å². The number of carbonyl (C=O) groups is 3. The van der Waals surface area contributed by atoms with Crippen molar-refractivity contribution in [1.82, 2.24) is 0 Å². The van der Waals surface area contributed by atoms with Crippen LogP contribution in [0.15, 0.2) is 72.8 Å². The fraction of sp³-hybridized carbons (Fsp3) is 0.250. The lowest BCUT2D eigenvalue weighted by Gasteiger charge is -2.29. The molecule has 7 heteroatoms. The average molecular weight is 474 g/mol. The molecule has 0 fully saturated rings. The van der Waals surface area contributed by atoms with E-state index >= 15 is 0 Å². The number of rotatable bonds is 4. The normalized spacial score (nSPS) is 12.2. The first-order chi connectivity index (χ1) is 16.7. The van der Waals surface area contributed by atoms with Crippen LogP contribution in [0.4, 0.5) is 16.2 Å². The summed E-state index contributed by atoms with van der Waals surface area (Å²) in [5.41, 5.74) is 10.3. The molecule has 0 unspecified atom stereocenters. The highest BCUT2D eigenvalue weighted by atomic mass is 16.6. The van der Waals surface area contributed by atoms with Gasteiger partial charge in [-0.1, -0.05) is 36.4 Å². The van der Waals surface area contributed by atoms with Crippen LogP contribution in [0.5, 0.6) is 0 Å². The van der Waals surface area contributed by atoms with Gasteiger partial charge >= 0.3 is 6.09 Å². The third kappa shape index (κ3) is 7.17. The van der Waals surface area contributed by atoms with Gasteiger partial charge in [0.2, 0.25) is 5.91 Å². The lowest BCUT2D eigenvalue weighted by molar-refractivity contribution is -0.116. The Bertz CT molecular complexity index is 1190. The first kappa shape index (κ1) is 25.5. The summed E-state index contributed by atoms with van der Waals surface area (Å²) < 4.78 is 4.39. The molecule has 4 rings (SSSR count). The second-order valence-corrected chi connectivity index (χ2v) is 8.50. The number of hydrogen-bond donors (Lipinski definition) is 2. The second kappa shape index (κ2) is 11.8. The van der Waals surface area contributed by atoms with Crippen molar-refractivity contribution in [1.29, 1.82) is 0 Å². The Labute approximate surface area is 205 Å². The number of carbonyl (C=O) groups excluding carboxylic acids is 3. The number of nitrogens with zero attached hydrogens (tertiary/aromatic N) is 1. The topological polar surface area (TPSA) is 102 Å². The van der Waals surface area contributed by atoms with Gasteiger partial charge in [-0.05, 0) is 79.8 Å². The molecule has 1 heterocycles. The smallest absolute Gasteiger partial charge is 0.404 e. The molecule has 182 valence electrons. The van der Waals surface area contributed by atoms with Crippen molar-refractivity contribution in [3.8, 4) is 11.1 Å². The fourth-order valence-corrected chi connectivity index (χ4v) is 3.91. The Kier molecular flexibility index (Phi) is 8.62. The Hall–Kier alpha value is -4.13. The van der Waals surface area contributed by atoms with E-state index < -0.39 is 6.09 Å². The number of aryl methyl sites for hydroxylation is 1. The largest absolute Gasteiger partial charge is 0.447 e. The fourth-order valence-electron chi connectivity index (χ4n) is 3.91. The van der Waals surface area contributed by atoms with Crippen LogP contribution >= 0.6 is 0 Å². The number of anilines is 2. The number of ether oxygens (including phenoxy) is 1. The molecule has 1 aliphatic rings. The summed E-state index contributed by atoms with van der Waals surface area (Å²) in [6, 6.07) is 23.2. The maximum absolute atomic E-state index is 12.4. The van der Waals surface area contributed by atoms with Crippen molar-refractivity contribution >= 4 is 29.3 Å². The highest BCUT2D eigenvalue weighted by Crippen LogP contribution is 2.32. The van der Waals surface area contributed by atoms with Crippen molar-refractivity contribution in [3.05, 3.63) is 83.9 Å². The molecule has 3 aromatic rings. The van der Waals surface area contributed by atoms with E-state index in [1.54, 1.807) is 32.9 Å². The van der Waals surface area contributed by atoms with E-state index in [9.17, 15) is 14.4 Å². The number of nitrogens with one attached hydrogen (secondary N) is 1. The van der Waals surface area contributed by atoms with Gasteiger partial charge < -0.3 is 20.7 Å². The zero-order chi connectivity index (χ0) is 25.4. The van der Waals surface area contributed by atoms with Gasteiger partial charge in [-0.25, -0.2) is 4.79 Å². The molecule has 3 aromatic carbocycles. The van der Waals surface area contributed by atoms with Crippen molar-refractivity contribution in [3.63, 3.8) is 0 Å². The number of hydrogen-bond acceptors (Lipinski definition) is 4. The standard InChI is InChI=1S/C24H22N2O2.C4H9NO2/c1-17(27)26-14-6-10-21-15-20(12-13-23(21)26)19-9-5-11-22(16-19)25-24(28)18-7-3-2-4-8-18;1-3(2)7-4(5)6/h2-5,7-9,11-13,15-16H,6,10,14H2,1H3,(H,25,28);3H,1-2H3,(H2,5,6). The van der Waals surface area contributed by atoms with Crippen LogP contribution in [0.2, 0.25) is 0 Å². The van der Waals surface area contributed by atoms with Crippen molar-refractivity contribution in [2.45, 2.75) is 39.7 Å². The molecule has 35 heavy (non-hydrogen) atoms. The van der Waals surface area contributed by atoms with Crippen LogP contribution in [0.3, 0.4) is 0 Å². The van der Waals surface area contributed by atoms with Crippen molar-refractivity contribution in [2.24, 2.45) is 5.73 Å². The van der Waals surface area contributed by atoms with E-state index in [1.807, 2.05) is 59.5 Å². The molecule has 0 atom stereocenters. The van der Waals surface area contributed by atoms with Gasteiger partial charge in [0.25, 0.3) is 5.91 Å². The number of benzene rings is 3. The monoisotopic (exact) mass is 473 g/mol. The summed E-state index contributed by atoms with van der Waals surface area (Å²) in [5, 5.41) is 2.96. The summed E-state index contributed by atoms with van der Waals surface area (Å²) >= 11 is 0. The molecular formula is C28H31N3O4. The van der Waals surface area contributed by atoms with Gasteiger partial charge in [-0.3, -0.25) is 9.59 Å². The molecule has 0 radical (unpaired) electrons. The Morgan fingerprint density at radius 3 is 2.29 bits per heavy atom. The maximum atomic E-state index is 12.4. The van der Waals surface area contributed by atoms with Crippen LogP contribution in [0, 0.1) is 0 Å². The van der Waals surface area contributed by atoms with Crippen LogP contribution in [0.25, 0.3) is 11.1 Å². The molecule has 0 spiro atoms. The lowest BCUT2D eigenvalue weighted by atomic mass is 9.96. The first-order valence-electron chi connectivity index (χ1n) is 11.6. The summed E-state index contributed by atoms with van der Waals surface area (Å²) in [6.45, 7) is 5.88. The summed E-state index contributed by atoms with van der Waals surface area (Å²) in [6.07, 6.45) is 1.13. The van der Waals surface area contributed by atoms with Crippen molar-refractivity contribution < 1.29 is 19.1 Å². The van der Waals surface area contributed by atoms with Gasteiger partial charge in [0.1, 0.15) is 0 Å². The third-order valence-electron chi connectivity index (χ3n) is 5.42. The number of fused-ring (bicyclic) bond motifs is 1. The van der Waals surface area contributed by atoms with E-state index in [2.05, 4.69) is 21.9 Å². The first-order valence-corrected chi connectivity index (χ1v) is 11.6. The van der Waals surface area contributed by atoms with Crippen LogP contribution in [0.1, 0.15) is 43.1 Å². The average Bonchev–Trinajstić information content (AvgIpc) is 2.83. The van der Waals surface area contributed by atoms with Gasteiger partial charge in [0.15, 0.2) is 0 Å². The van der Waals surface area contributed by atoms with Gasteiger partial charge in [0.05, 0.1) is 6.10 Å². The third-order valence-corrected chi connectivity index (χ3v) is 5.42. The van der Waals surface area contributed by atoms with Gasteiger partial charge in [-0.15, -0.1) is 0 Å². The summed E-state index contributed by atoms with van der Waals surface area (Å²) in [5.74, 6) is -0.0420. The predicted octanol–water partition coefficient (Wildman–Crippen LogP) is 5.40. The summed E-state index contributed by atoms with van der Waals surface area (Å²) in [7, 11) is 0. The van der Waals surface area contributed by atoms with Gasteiger partial charge in [-0.2, -0.15) is 0 Å². The molecule has 0 aromatic heterocycles. The van der Waals surface area contributed by atoms with E-state index in [0.29, 0.717) is 5.56 Å². The lowest BCUT2D eigenvalue weighted by Crippen LogP contribution is -2.33. The summed E-state index contributed by atoms with van der Waals surface area (Å²) in [4.78, 5) is 35.9. The van der Waals surface area contributed by atoms with E-state index in [0.717, 1.165) is 41.9 Å². The zero-order valence-corrected chi connectivity index (χ0v) is 20.3. The highest BCUT2D eigenvalue weighted by Gasteiger charge is 2.20.